The topological polar surface area (TPSA) is 63.4 Å². The largest absolute Gasteiger partial charge is 0.388 e. The Kier molecular flexibility index (Phi) is 4.45. The van der Waals surface area contributed by atoms with Gasteiger partial charge in [-0.3, -0.25) is 10.1 Å². The standard InChI is InChI=1S/C10H10BrNO3/c11-7-1-2-10(13)8-3-5-9(6-4-8)12(14)15/h1,3-7,10,13H,2H2/b7-1+/t10-/m1/s1. The highest BCUT2D eigenvalue weighted by Gasteiger charge is 2.08. The molecule has 0 spiro atoms. The summed E-state index contributed by atoms with van der Waals surface area (Å²) in [6, 6.07) is 5.89. The van der Waals surface area contributed by atoms with Gasteiger partial charge in [-0.05, 0) is 29.1 Å². The van der Waals surface area contributed by atoms with E-state index in [-0.39, 0.29) is 5.69 Å². The van der Waals surface area contributed by atoms with Crippen molar-refractivity contribution in [2.75, 3.05) is 0 Å². The number of aliphatic hydroxyl groups excluding tert-OH is 1. The Hall–Kier alpha value is -1.20. The lowest BCUT2D eigenvalue weighted by molar-refractivity contribution is -0.384. The van der Waals surface area contributed by atoms with Crippen molar-refractivity contribution in [2.24, 2.45) is 0 Å². The highest BCUT2D eigenvalue weighted by molar-refractivity contribution is 9.11. The average Bonchev–Trinajstić information content (AvgIpc) is 2.26. The lowest BCUT2D eigenvalue weighted by Gasteiger charge is -2.07. The summed E-state index contributed by atoms with van der Waals surface area (Å²) in [7, 11) is 0. The van der Waals surface area contributed by atoms with Gasteiger partial charge >= 0.3 is 0 Å². The zero-order valence-corrected chi connectivity index (χ0v) is 9.42. The van der Waals surface area contributed by atoms with Crippen LogP contribution in [0.4, 0.5) is 5.69 Å². The van der Waals surface area contributed by atoms with Gasteiger partial charge in [0.25, 0.3) is 5.69 Å². The molecule has 1 aromatic rings. The number of hydrogen-bond acceptors (Lipinski definition) is 3. The molecule has 0 heterocycles. The second kappa shape index (κ2) is 5.63. The smallest absolute Gasteiger partial charge is 0.269 e. The summed E-state index contributed by atoms with van der Waals surface area (Å²) in [5.41, 5.74) is 0.702. The second-order valence-corrected chi connectivity index (χ2v) is 3.49. The minimum atomic E-state index is -0.625. The highest BCUT2D eigenvalue weighted by Crippen LogP contribution is 2.20. The van der Waals surface area contributed by atoms with Gasteiger partial charge in [0.15, 0.2) is 0 Å². The number of hydrogen-bond donors (Lipinski definition) is 1. The van der Waals surface area contributed by atoms with Gasteiger partial charge in [0.05, 0.1) is 11.0 Å². The van der Waals surface area contributed by atoms with Crippen LogP contribution in [0.5, 0.6) is 0 Å². The van der Waals surface area contributed by atoms with Crippen LogP contribution < -0.4 is 0 Å². The van der Waals surface area contributed by atoms with Crippen molar-refractivity contribution >= 4 is 21.6 Å². The summed E-state index contributed by atoms with van der Waals surface area (Å²) in [5.74, 6) is 0. The quantitative estimate of drug-likeness (QED) is 0.677. The van der Waals surface area contributed by atoms with Crippen molar-refractivity contribution in [3.8, 4) is 0 Å². The molecule has 80 valence electrons. The molecule has 0 aromatic heterocycles. The van der Waals surface area contributed by atoms with E-state index in [1.165, 1.54) is 12.1 Å². The van der Waals surface area contributed by atoms with E-state index in [4.69, 9.17) is 0 Å². The minimum Gasteiger partial charge on any atom is -0.388 e. The molecule has 5 heteroatoms. The van der Waals surface area contributed by atoms with E-state index in [1.54, 1.807) is 23.2 Å². The Morgan fingerprint density at radius 1 is 1.47 bits per heavy atom. The van der Waals surface area contributed by atoms with E-state index in [0.29, 0.717) is 12.0 Å². The molecule has 0 saturated heterocycles. The summed E-state index contributed by atoms with van der Waals surface area (Å²) < 4.78 is 0. The third-order valence-electron chi connectivity index (χ3n) is 1.94. The molecule has 1 aromatic carbocycles. The Labute approximate surface area is 95.5 Å². The first kappa shape index (κ1) is 11.9. The fourth-order valence-electron chi connectivity index (χ4n) is 1.13. The van der Waals surface area contributed by atoms with Crippen molar-refractivity contribution in [3.63, 3.8) is 0 Å². The summed E-state index contributed by atoms with van der Waals surface area (Å²) >= 11 is 3.10. The minimum absolute atomic E-state index is 0.0296. The predicted octanol–water partition coefficient (Wildman–Crippen LogP) is 2.93. The maximum absolute atomic E-state index is 10.4. The van der Waals surface area contributed by atoms with Crippen molar-refractivity contribution in [3.05, 3.63) is 51.0 Å². The van der Waals surface area contributed by atoms with Crippen LogP contribution in [-0.2, 0) is 0 Å². The second-order valence-electron chi connectivity index (χ2n) is 2.96. The molecule has 1 rings (SSSR count). The molecule has 0 radical (unpaired) electrons. The maximum atomic E-state index is 10.4. The summed E-state index contributed by atoms with van der Waals surface area (Å²) in [6.45, 7) is 0. The zero-order valence-electron chi connectivity index (χ0n) is 7.84. The Bertz CT molecular complexity index is 361. The fourth-order valence-corrected chi connectivity index (χ4v) is 1.35. The number of nitro benzene ring substituents is 1. The van der Waals surface area contributed by atoms with E-state index in [1.807, 2.05) is 0 Å². The zero-order chi connectivity index (χ0) is 11.3. The number of aliphatic hydroxyl groups is 1. The van der Waals surface area contributed by atoms with Gasteiger partial charge in [0, 0.05) is 12.1 Å². The van der Waals surface area contributed by atoms with Crippen molar-refractivity contribution in [1.82, 2.24) is 0 Å². The van der Waals surface area contributed by atoms with Crippen LogP contribution in [0.2, 0.25) is 0 Å². The molecule has 0 amide bonds. The predicted molar refractivity (Wildman–Crippen MR) is 60.7 cm³/mol. The van der Waals surface area contributed by atoms with Gasteiger partial charge in [-0.15, -0.1) is 0 Å². The first-order valence-electron chi connectivity index (χ1n) is 4.33. The molecule has 0 fully saturated rings. The summed E-state index contributed by atoms with van der Waals surface area (Å²) in [6.07, 6.45) is 1.62. The Morgan fingerprint density at radius 2 is 2.07 bits per heavy atom. The van der Waals surface area contributed by atoms with Crippen LogP contribution in [0.3, 0.4) is 0 Å². The number of nitrogens with zero attached hydrogens (tertiary/aromatic N) is 1. The number of rotatable bonds is 4. The third kappa shape index (κ3) is 3.45. The first-order chi connectivity index (χ1) is 7.15. The number of halogens is 1. The third-order valence-corrected chi connectivity index (χ3v) is 2.31. The van der Waals surface area contributed by atoms with Crippen LogP contribution in [0.15, 0.2) is 35.3 Å². The van der Waals surface area contributed by atoms with Gasteiger partial charge in [0.1, 0.15) is 0 Å². The van der Waals surface area contributed by atoms with E-state index < -0.39 is 11.0 Å². The molecule has 0 aliphatic carbocycles. The molecule has 0 unspecified atom stereocenters. The molecule has 0 bridgehead atoms. The van der Waals surface area contributed by atoms with E-state index in [9.17, 15) is 15.2 Å². The molecular weight excluding hydrogens is 262 g/mol. The van der Waals surface area contributed by atoms with E-state index in [0.717, 1.165) is 0 Å². The number of nitro groups is 1. The molecule has 0 saturated carbocycles. The van der Waals surface area contributed by atoms with Crippen molar-refractivity contribution in [1.29, 1.82) is 0 Å². The molecule has 0 aliphatic heterocycles. The monoisotopic (exact) mass is 271 g/mol. The molecule has 15 heavy (non-hydrogen) atoms. The van der Waals surface area contributed by atoms with Crippen LogP contribution in [0.25, 0.3) is 0 Å². The lowest BCUT2D eigenvalue weighted by Crippen LogP contribution is -1.96. The van der Waals surface area contributed by atoms with E-state index >= 15 is 0 Å². The molecule has 1 N–H and O–H groups in total. The SMILES string of the molecule is O=[N+]([O-])c1ccc([C@H](O)C/C=C/Br)cc1. The molecule has 4 nitrogen and oxygen atoms in total. The number of benzene rings is 1. The lowest BCUT2D eigenvalue weighted by atomic mass is 10.1. The molecule has 1 atom stereocenters. The molecular formula is C10H10BrNO3. The summed E-state index contributed by atoms with van der Waals surface area (Å²) in [4.78, 5) is 11.6. The van der Waals surface area contributed by atoms with Gasteiger partial charge < -0.3 is 5.11 Å². The van der Waals surface area contributed by atoms with Gasteiger partial charge in [-0.2, -0.15) is 0 Å². The van der Waals surface area contributed by atoms with Crippen LogP contribution >= 0.6 is 15.9 Å². The van der Waals surface area contributed by atoms with Gasteiger partial charge in [-0.25, -0.2) is 0 Å². The Balaban J connectivity index is 2.75. The highest BCUT2D eigenvalue weighted by atomic mass is 79.9. The van der Waals surface area contributed by atoms with Crippen LogP contribution in [0.1, 0.15) is 18.1 Å². The Morgan fingerprint density at radius 3 is 2.53 bits per heavy atom. The maximum Gasteiger partial charge on any atom is 0.269 e. The fraction of sp³-hybridized carbons (Fsp3) is 0.200. The summed E-state index contributed by atoms with van der Waals surface area (Å²) in [5, 5.41) is 20.0. The van der Waals surface area contributed by atoms with E-state index in [2.05, 4.69) is 15.9 Å². The van der Waals surface area contributed by atoms with Crippen LogP contribution in [0, 0.1) is 10.1 Å². The van der Waals surface area contributed by atoms with Gasteiger partial charge in [-0.1, -0.05) is 22.0 Å². The first-order valence-corrected chi connectivity index (χ1v) is 5.24. The normalized spacial score (nSPS) is 12.9. The van der Waals surface area contributed by atoms with Crippen molar-refractivity contribution in [2.45, 2.75) is 12.5 Å². The van der Waals surface area contributed by atoms with Gasteiger partial charge in [0.2, 0.25) is 0 Å². The number of non-ortho nitro benzene ring substituents is 1. The van der Waals surface area contributed by atoms with Crippen LogP contribution in [-0.4, -0.2) is 10.0 Å². The average molecular weight is 272 g/mol. The van der Waals surface area contributed by atoms with Crippen molar-refractivity contribution < 1.29 is 10.0 Å². The molecule has 0 aliphatic rings.